The molecule has 3 aromatic rings. The third-order valence-electron chi connectivity index (χ3n) is 15.6. The molecule has 1 amide bonds. The number of nitrogens with one attached hydrogen (secondary N) is 1. The maximum absolute atomic E-state index is 14.5. The summed E-state index contributed by atoms with van der Waals surface area (Å²) >= 11 is 0. The van der Waals surface area contributed by atoms with Crippen LogP contribution in [-0.4, -0.2) is 47.0 Å². The van der Waals surface area contributed by atoms with Crippen LogP contribution in [0.3, 0.4) is 0 Å². The molecule has 3 aromatic carbocycles. The molecule has 0 aliphatic heterocycles. The molecule has 326 valence electrons. The molecule has 4 fully saturated rings. The van der Waals surface area contributed by atoms with Crippen LogP contribution in [0.4, 0.5) is 0 Å². The standard InChI is InChI=1S/C50H68NO8P/c1-35(42-20-21-43-47-44(24-27-50(42,43)3)49(2)26-23-41(52)29-40(49)30-45(47)53)25-28-51-46(54)22-19-39(48(55)57-31-36-13-7-4-8-14-36)34-60(56,58-32-37-15-9-5-10-16-37)59-33-38-17-11-6-12-18-38/h4-18,35,39-45,47,52-53H,19-34H2,1-3H3,(H,51,54)/t35-,39?,40?,41-,42-,43?,44?,45+,47?,49+,50-/m1/s1. The number of carbonyl (C=O) groups excluding carboxylic acids is 2. The van der Waals surface area contributed by atoms with Crippen molar-refractivity contribution >= 4 is 19.5 Å². The highest BCUT2D eigenvalue weighted by Gasteiger charge is 2.62. The van der Waals surface area contributed by atoms with Gasteiger partial charge in [-0.05, 0) is 127 Å². The van der Waals surface area contributed by atoms with Crippen molar-refractivity contribution < 1.29 is 38.2 Å². The summed E-state index contributed by atoms with van der Waals surface area (Å²) in [6, 6.07) is 28.3. The minimum absolute atomic E-state index is 0.0465. The second-order valence-electron chi connectivity index (χ2n) is 19.2. The van der Waals surface area contributed by atoms with Gasteiger partial charge in [0, 0.05) is 13.0 Å². The summed E-state index contributed by atoms with van der Waals surface area (Å²) in [7, 11) is -3.87. The van der Waals surface area contributed by atoms with Gasteiger partial charge in [0.05, 0.1) is 37.5 Å². The van der Waals surface area contributed by atoms with Gasteiger partial charge in [-0.3, -0.25) is 14.2 Å². The van der Waals surface area contributed by atoms with Crippen LogP contribution in [0.2, 0.25) is 0 Å². The number of fused-ring (bicyclic) bond motifs is 5. The Morgan fingerprint density at radius 1 is 0.750 bits per heavy atom. The van der Waals surface area contributed by atoms with Gasteiger partial charge >= 0.3 is 13.6 Å². The minimum atomic E-state index is -3.87. The molecular formula is C50H68NO8P. The minimum Gasteiger partial charge on any atom is -0.461 e. The fourth-order valence-electron chi connectivity index (χ4n) is 12.2. The molecule has 0 aromatic heterocycles. The van der Waals surface area contributed by atoms with Gasteiger partial charge in [0.15, 0.2) is 0 Å². The predicted molar refractivity (Wildman–Crippen MR) is 233 cm³/mol. The highest BCUT2D eigenvalue weighted by molar-refractivity contribution is 7.53. The maximum Gasteiger partial charge on any atom is 0.332 e. The Morgan fingerprint density at radius 2 is 1.32 bits per heavy atom. The lowest BCUT2D eigenvalue weighted by atomic mass is 9.43. The Balaban J connectivity index is 0.958. The molecular weight excluding hydrogens is 774 g/mol. The van der Waals surface area contributed by atoms with Gasteiger partial charge in [-0.1, -0.05) is 112 Å². The van der Waals surface area contributed by atoms with E-state index in [1.165, 1.54) is 6.42 Å². The Hall–Kier alpha value is -3.33. The normalized spacial score (nSPS) is 30.9. The summed E-state index contributed by atoms with van der Waals surface area (Å²) in [6.07, 6.45) is 8.52. The molecule has 11 atom stereocenters. The molecule has 4 aliphatic rings. The monoisotopic (exact) mass is 841 g/mol. The number of aliphatic hydroxyl groups excluding tert-OH is 2. The van der Waals surface area contributed by atoms with E-state index < -0.39 is 19.5 Å². The molecule has 5 unspecified atom stereocenters. The first-order valence-electron chi connectivity index (χ1n) is 22.7. The van der Waals surface area contributed by atoms with Crippen LogP contribution >= 0.6 is 7.60 Å². The quantitative estimate of drug-likeness (QED) is 0.0853. The van der Waals surface area contributed by atoms with E-state index in [-0.39, 0.29) is 67.8 Å². The van der Waals surface area contributed by atoms with E-state index >= 15 is 0 Å². The smallest absolute Gasteiger partial charge is 0.332 e. The molecule has 10 heteroatoms. The van der Waals surface area contributed by atoms with E-state index in [4.69, 9.17) is 13.8 Å². The molecule has 4 saturated carbocycles. The molecule has 60 heavy (non-hydrogen) atoms. The lowest BCUT2D eigenvalue weighted by Crippen LogP contribution is -2.58. The van der Waals surface area contributed by atoms with Gasteiger partial charge in [0.25, 0.3) is 0 Å². The largest absolute Gasteiger partial charge is 0.461 e. The van der Waals surface area contributed by atoms with Crippen LogP contribution in [-0.2, 0) is 47.8 Å². The molecule has 0 spiro atoms. The Labute approximate surface area is 357 Å². The lowest BCUT2D eigenvalue weighted by Gasteiger charge is -2.62. The van der Waals surface area contributed by atoms with Crippen LogP contribution in [0, 0.1) is 52.3 Å². The van der Waals surface area contributed by atoms with E-state index in [1.807, 2.05) is 91.0 Å². The van der Waals surface area contributed by atoms with Crippen LogP contribution in [0.15, 0.2) is 91.0 Å². The van der Waals surface area contributed by atoms with Crippen LogP contribution in [0.1, 0.15) is 108 Å². The van der Waals surface area contributed by atoms with E-state index in [1.54, 1.807) is 0 Å². The number of hydrogen-bond acceptors (Lipinski definition) is 8. The molecule has 3 N–H and O–H groups in total. The zero-order chi connectivity index (χ0) is 42.3. The fourth-order valence-corrected chi connectivity index (χ4v) is 14.1. The average Bonchev–Trinajstić information content (AvgIpc) is 3.62. The lowest BCUT2D eigenvalue weighted by molar-refractivity contribution is -0.174. The van der Waals surface area contributed by atoms with Crippen molar-refractivity contribution in [1.82, 2.24) is 5.32 Å². The first kappa shape index (κ1) is 44.7. The van der Waals surface area contributed by atoms with Crippen LogP contribution in [0.5, 0.6) is 0 Å². The number of hydrogen-bond donors (Lipinski definition) is 3. The van der Waals surface area contributed by atoms with Gasteiger partial charge in [-0.15, -0.1) is 0 Å². The maximum atomic E-state index is 14.5. The van der Waals surface area contributed by atoms with Gasteiger partial charge in [0.1, 0.15) is 6.61 Å². The molecule has 0 heterocycles. The molecule has 0 saturated heterocycles. The fraction of sp³-hybridized carbons (Fsp3) is 0.600. The predicted octanol–water partition coefficient (Wildman–Crippen LogP) is 9.89. The van der Waals surface area contributed by atoms with Crippen LogP contribution < -0.4 is 5.32 Å². The van der Waals surface area contributed by atoms with E-state index in [2.05, 4.69) is 26.1 Å². The zero-order valence-electron chi connectivity index (χ0n) is 36.0. The number of aliphatic hydroxyl groups is 2. The van der Waals surface area contributed by atoms with Crippen molar-refractivity contribution in [3.8, 4) is 0 Å². The number of amides is 1. The number of benzene rings is 3. The topological polar surface area (TPSA) is 131 Å². The number of carbonyl (C=O) groups is 2. The molecule has 4 aliphatic carbocycles. The van der Waals surface area contributed by atoms with Crippen molar-refractivity contribution in [2.24, 2.45) is 52.3 Å². The van der Waals surface area contributed by atoms with Crippen molar-refractivity contribution in [3.05, 3.63) is 108 Å². The van der Waals surface area contributed by atoms with Crippen LogP contribution in [0.25, 0.3) is 0 Å². The van der Waals surface area contributed by atoms with Gasteiger partial charge in [-0.2, -0.15) is 0 Å². The summed E-state index contributed by atoms with van der Waals surface area (Å²) in [4.78, 5) is 27.2. The molecule has 9 nitrogen and oxygen atoms in total. The van der Waals surface area contributed by atoms with E-state index in [0.29, 0.717) is 42.1 Å². The van der Waals surface area contributed by atoms with E-state index in [0.717, 1.165) is 68.1 Å². The van der Waals surface area contributed by atoms with Gasteiger partial charge in [0.2, 0.25) is 5.91 Å². The van der Waals surface area contributed by atoms with Gasteiger partial charge in [-0.25, -0.2) is 0 Å². The zero-order valence-corrected chi connectivity index (χ0v) is 36.9. The summed E-state index contributed by atoms with van der Waals surface area (Å²) in [6.45, 7) is 7.96. The Kier molecular flexibility index (Phi) is 14.8. The third kappa shape index (κ3) is 10.5. The van der Waals surface area contributed by atoms with Crippen molar-refractivity contribution in [1.29, 1.82) is 0 Å². The molecule has 7 rings (SSSR count). The number of ether oxygens (including phenoxy) is 1. The van der Waals surface area contributed by atoms with E-state index in [9.17, 15) is 24.4 Å². The second-order valence-corrected chi connectivity index (χ2v) is 21.3. The van der Waals surface area contributed by atoms with Crippen molar-refractivity contribution in [3.63, 3.8) is 0 Å². The summed E-state index contributed by atoms with van der Waals surface area (Å²) in [5.74, 6) is 1.08. The van der Waals surface area contributed by atoms with Crippen molar-refractivity contribution in [2.75, 3.05) is 12.7 Å². The Morgan fingerprint density at radius 3 is 1.93 bits per heavy atom. The number of rotatable bonds is 18. The third-order valence-corrected chi connectivity index (χ3v) is 17.5. The first-order valence-corrected chi connectivity index (χ1v) is 24.4. The van der Waals surface area contributed by atoms with Gasteiger partial charge < -0.3 is 29.3 Å². The van der Waals surface area contributed by atoms with Crippen molar-refractivity contribution in [2.45, 2.75) is 123 Å². The highest BCUT2D eigenvalue weighted by Crippen LogP contribution is 2.68. The first-order chi connectivity index (χ1) is 28.9. The summed E-state index contributed by atoms with van der Waals surface area (Å²) < 4.78 is 32.4. The summed E-state index contributed by atoms with van der Waals surface area (Å²) in [5, 5.41) is 25.3. The highest BCUT2D eigenvalue weighted by atomic mass is 31.2. The Bertz CT molecular complexity index is 1850. The number of esters is 1. The summed E-state index contributed by atoms with van der Waals surface area (Å²) in [5.41, 5.74) is 2.85. The second kappa shape index (κ2) is 19.8. The molecule has 0 bridgehead atoms. The average molecular weight is 842 g/mol. The SMILES string of the molecule is C[C@H](CCNC(=O)CCC(CP(=O)(OCc1ccccc1)OCc1ccccc1)C(=O)OCc1ccccc1)[C@H]1CCC2C3C(CC[C@@]21C)[C@@]1(C)CC[C@@H](O)CC1C[C@@H]3O. The molecule has 0 radical (unpaired) electrons.